The van der Waals surface area contributed by atoms with Crippen LogP contribution in [0.5, 0.6) is 0 Å². The molecule has 144 valence electrons. The Morgan fingerprint density at radius 1 is 1.12 bits per heavy atom. The van der Waals surface area contributed by atoms with Crippen LogP contribution < -0.4 is 0 Å². The highest BCUT2D eigenvalue weighted by Crippen LogP contribution is 2.23. The summed E-state index contributed by atoms with van der Waals surface area (Å²) in [7, 11) is 3.05. The molecule has 1 aliphatic carbocycles. The molecule has 7 heteroatoms. The summed E-state index contributed by atoms with van der Waals surface area (Å²) in [4.78, 5) is 41.5. The van der Waals surface area contributed by atoms with Crippen LogP contribution in [-0.4, -0.2) is 54.0 Å². The van der Waals surface area contributed by atoms with E-state index < -0.39 is 18.0 Å². The average molecular weight is 364 g/mol. The van der Waals surface area contributed by atoms with Gasteiger partial charge in [-0.3, -0.25) is 4.79 Å². The summed E-state index contributed by atoms with van der Waals surface area (Å²) in [6, 6.07) is 0.206. The van der Waals surface area contributed by atoms with Crippen molar-refractivity contribution in [3.05, 3.63) is 22.5 Å². The van der Waals surface area contributed by atoms with Gasteiger partial charge in [-0.05, 0) is 39.2 Å². The summed E-state index contributed by atoms with van der Waals surface area (Å²) in [6.07, 6.45) is 4.53. The summed E-state index contributed by atoms with van der Waals surface area (Å²) in [6.45, 7) is 4.90. The first kappa shape index (κ1) is 20.0. The standard InChI is InChI=1S/C19H28N2O5/c1-11-15(18(23)25-5)12(2)20-16(11)19(24)26-13(3)17(22)21(4)14-9-7-6-8-10-14/h13-14,20H,6-10H2,1-5H3/t13-/m1/s1. The van der Waals surface area contributed by atoms with E-state index in [-0.39, 0.29) is 17.6 Å². The maximum atomic E-state index is 12.6. The van der Waals surface area contributed by atoms with E-state index in [4.69, 9.17) is 9.47 Å². The van der Waals surface area contributed by atoms with E-state index in [0.717, 1.165) is 25.7 Å². The zero-order chi connectivity index (χ0) is 19.4. The number of aromatic amines is 1. The number of H-pyrrole nitrogens is 1. The first-order chi connectivity index (χ1) is 12.3. The number of carbonyl (C=O) groups is 3. The van der Waals surface area contributed by atoms with Crippen LogP contribution in [-0.2, 0) is 14.3 Å². The number of nitrogens with one attached hydrogen (secondary N) is 1. The Balaban J connectivity index is 2.07. The molecule has 1 fully saturated rings. The first-order valence-corrected chi connectivity index (χ1v) is 9.03. The third kappa shape index (κ3) is 4.08. The molecule has 0 bridgehead atoms. The fourth-order valence-corrected chi connectivity index (χ4v) is 3.57. The van der Waals surface area contributed by atoms with E-state index in [2.05, 4.69) is 4.98 Å². The molecule has 1 heterocycles. The van der Waals surface area contributed by atoms with Gasteiger partial charge in [-0.15, -0.1) is 0 Å². The predicted octanol–water partition coefficient (Wildman–Crippen LogP) is 2.75. The van der Waals surface area contributed by atoms with Crippen LogP contribution in [0, 0.1) is 13.8 Å². The number of esters is 2. The average Bonchev–Trinajstić information content (AvgIpc) is 2.94. The summed E-state index contributed by atoms with van der Waals surface area (Å²) >= 11 is 0. The number of ether oxygens (including phenoxy) is 2. The van der Waals surface area contributed by atoms with Gasteiger partial charge in [0.2, 0.25) is 0 Å². The Bertz CT molecular complexity index is 688. The van der Waals surface area contributed by atoms with Gasteiger partial charge in [0.05, 0.1) is 12.7 Å². The molecule has 0 radical (unpaired) electrons. The SMILES string of the molecule is COC(=O)c1c(C)[nH]c(C(=O)O[C@H](C)C(=O)N(C)C2CCCCC2)c1C. The number of amides is 1. The lowest BCUT2D eigenvalue weighted by Crippen LogP contribution is -2.44. The van der Waals surface area contributed by atoms with Gasteiger partial charge in [-0.2, -0.15) is 0 Å². The van der Waals surface area contributed by atoms with Crippen LogP contribution in [0.3, 0.4) is 0 Å². The molecular weight excluding hydrogens is 336 g/mol. The van der Waals surface area contributed by atoms with Crippen molar-refractivity contribution in [2.24, 2.45) is 0 Å². The van der Waals surface area contributed by atoms with Crippen LogP contribution in [0.25, 0.3) is 0 Å². The van der Waals surface area contributed by atoms with Crippen molar-refractivity contribution in [2.75, 3.05) is 14.2 Å². The minimum atomic E-state index is -0.890. The number of hydrogen-bond donors (Lipinski definition) is 1. The topological polar surface area (TPSA) is 88.7 Å². The second-order valence-corrected chi connectivity index (χ2v) is 6.91. The molecule has 0 aromatic carbocycles. The molecule has 0 spiro atoms. The van der Waals surface area contributed by atoms with Crippen molar-refractivity contribution in [3.63, 3.8) is 0 Å². The molecule has 1 amide bonds. The van der Waals surface area contributed by atoms with Gasteiger partial charge in [-0.25, -0.2) is 9.59 Å². The maximum Gasteiger partial charge on any atom is 0.355 e. The number of hydrogen-bond acceptors (Lipinski definition) is 5. The number of rotatable bonds is 5. The minimum absolute atomic E-state index is 0.169. The van der Waals surface area contributed by atoms with Crippen LogP contribution in [0.2, 0.25) is 0 Å². The fraction of sp³-hybridized carbons (Fsp3) is 0.632. The van der Waals surface area contributed by atoms with Crippen molar-refractivity contribution in [3.8, 4) is 0 Å². The lowest BCUT2D eigenvalue weighted by molar-refractivity contribution is -0.141. The fourth-order valence-electron chi connectivity index (χ4n) is 3.57. The van der Waals surface area contributed by atoms with Crippen molar-refractivity contribution in [1.29, 1.82) is 0 Å². The van der Waals surface area contributed by atoms with Crippen LogP contribution in [0.4, 0.5) is 0 Å². The smallest absolute Gasteiger partial charge is 0.355 e. The van der Waals surface area contributed by atoms with E-state index in [1.165, 1.54) is 13.5 Å². The number of methoxy groups -OCH3 is 1. The van der Waals surface area contributed by atoms with Gasteiger partial charge in [0, 0.05) is 18.8 Å². The Kier molecular flexibility index (Phi) is 6.45. The maximum absolute atomic E-state index is 12.6. The van der Waals surface area contributed by atoms with Crippen molar-refractivity contribution in [1.82, 2.24) is 9.88 Å². The second kappa shape index (κ2) is 8.38. The zero-order valence-electron chi connectivity index (χ0n) is 16.2. The Morgan fingerprint density at radius 3 is 2.31 bits per heavy atom. The van der Waals surface area contributed by atoms with Gasteiger partial charge < -0.3 is 19.4 Å². The van der Waals surface area contributed by atoms with Gasteiger partial charge in [0.1, 0.15) is 5.69 Å². The monoisotopic (exact) mass is 364 g/mol. The van der Waals surface area contributed by atoms with E-state index >= 15 is 0 Å². The Morgan fingerprint density at radius 2 is 1.73 bits per heavy atom. The number of aromatic nitrogens is 1. The molecule has 1 aromatic heterocycles. The summed E-state index contributed by atoms with van der Waals surface area (Å²) < 4.78 is 10.1. The van der Waals surface area contributed by atoms with E-state index in [9.17, 15) is 14.4 Å². The molecule has 1 N–H and O–H groups in total. The van der Waals surface area contributed by atoms with E-state index in [1.54, 1.807) is 32.7 Å². The highest BCUT2D eigenvalue weighted by atomic mass is 16.5. The molecule has 1 aliphatic rings. The molecule has 26 heavy (non-hydrogen) atoms. The summed E-state index contributed by atoms with van der Waals surface area (Å²) in [5, 5.41) is 0. The molecule has 0 unspecified atom stereocenters. The highest BCUT2D eigenvalue weighted by Gasteiger charge is 2.30. The molecule has 2 rings (SSSR count). The molecule has 1 aromatic rings. The van der Waals surface area contributed by atoms with Crippen molar-refractivity contribution < 1.29 is 23.9 Å². The molecule has 0 saturated heterocycles. The number of likely N-dealkylation sites (N-methyl/N-ethyl adjacent to an activating group) is 1. The molecular formula is C19H28N2O5. The number of carbonyl (C=O) groups excluding carboxylic acids is 3. The predicted molar refractivity (Wildman–Crippen MR) is 96.1 cm³/mol. The van der Waals surface area contributed by atoms with Crippen LogP contribution in [0.15, 0.2) is 0 Å². The Hall–Kier alpha value is -2.31. The van der Waals surface area contributed by atoms with Crippen molar-refractivity contribution in [2.45, 2.75) is 65.0 Å². The quantitative estimate of drug-likeness (QED) is 0.812. The van der Waals surface area contributed by atoms with Gasteiger partial charge >= 0.3 is 11.9 Å². The van der Waals surface area contributed by atoms with E-state index in [1.807, 2.05) is 0 Å². The molecule has 1 atom stereocenters. The van der Waals surface area contributed by atoms with Crippen molar-refractivity contribution >= 4 is 17.8 Å². The summed E-state index contributed by atoms with van der Waals surface area (Å²) in [5.74, 6) is -1.38. The Labute approximate surface area is 154 Å². The second-order valence-electron chi connectivity index (χ2n) is 6.91. The van der Waals surface area contributed by atoms with Crippen LogP contribution >= 0.6 is 0 Å². The van der Waals surface area contributed by atoms with E-state index in [0.29, 0.717) is 16.8 Å². The summed E-state index contributed by atoms with van der Waals surface area (Å²) in [5.41, 5.74) is 1.47. The lowest BCUT2D eigenvalue weighted by atomic mass is 9.94. The molecule has 7 nitrogen and oxygen atoms in total. The number of nitrogens with zero attached hydrogens (tertiary/aromatic N) is 1. The first-order valence-electron chi connectivity index (χ1n) is 9.03. The normalized spacial score (nSPS) is 16.0. The molecule has 1 saturated carbocycles. The highest BCUT2D eigenvalue weighted by molar-refractivity contribution is 5.99. The number of aryl methyl sites for hydroxylation is 1. The third-order valence-electron chi connectivity index (χ3n) is 5.13. The van der Waals surface area contributed by atoms with Gasteiger partial charge in [-0.1, -0.05) is 19.3 Å². The van der Waals surface area contributed by atoms with Crippen LogP contribution in [0.1, 0.15) is 71.1 Å². The third-order valence-corrected chi connectivity index (χ3v) is 5.13. The van der Waals surface area contributed by atoms with Gasteiger partial charge in [0.25, 0.3) is 5.91 Å². The molecule has 0 aliphatic heterocycles. The lowest BCUT2D eigenvalue weighted by Gasteiger charge is -2.32. The largest absolute Gasteiger partial charge is 0.465 e. The minimum Gasteiger partial charge on any atom is -0.465 e. The zero-order valence-corrected chi connectivity index (χ0v) is 16.2. The van der Waals surface area contributed by atoms with Gasteiger partial charge in [0.15, 0.2) is 6.10 Å².